The molecular formula is C28H22N4O4S. The molecule has 0 saturated carbocycles. The number of aryl methyl sites for hydroxylation is 1. The SMILES string of the molecule is Cc1ccc(NC(=O)Cc2nc(COC(=O)c3nn(-c4ccccc4)c(=O)c4ccccc34)cs2)cc1. The monoisotopic (exact) mass is 510 g/mol. The third kappa shape index (κ3) is 5.46. The summed E-state index contributed by atoms with van der Waals surface area (Å²) >= 11 is 1.32. The number of rotatable bonds is 7. The van der Waals surface area contributed by atoms with Crippen molar-refractivity contribution < 1.29 is 14.3 Å². The number of carbonyl (C=O) groups is 2. The van der Waals surface area contributed by atoms with Crippen LogP contribution in [0.4, 0.5) is 5.69 Å². The Morgan fingerprint density at radius 3 is 2.41 bits per heavy atom. The van der Waals surface area contributed by atoms with Gasteiger partial charge in [-0.25, -0.2) is 9.78 Å². The van der Waals surface area contributed by atoms with E-state index < -0.39 is 5.97 Å². The van der Waals surface area contributed by atoms with Gasteiger partial charge in [-0.05, 0) is 37.3 Å². The number of nitrogens with one attached hydrogen (secondary N) is 1. The van der Waals surface area contributed by atoms with Crippen LogP contribution in [0.15, 0.2) is 89.0 Å². The lowest BCUT2D eigenvalue weighted by molar-refractivity contribution is -0.115. The van der Waals surface area contributed by atoms with Crippen molar-refractivity contribution in [3.8, 4) is 5.69 Å². The molecule has 0 aliphatic carbocycles. The smallest absolute Gasteiger partial charge is 0.359 e. The van der Waals surface area contributed by atoms with Gasteiger partial charge in [0.15, 0.2) is 5.69 Å². The van der Waals surface area contributed by atoms with Crippen LogP contribution in [0.2, 0.25) is 0 Å². The summed E-state index contributed by atoms with van der Waals surface area (Å²) in [4.78, 5) is 42.8. The van der Waals surface area contributed by atoms with Crippen molar-refractivity contribution in [3.63, 3.8) is 0 Å². The molecule has 0 spiro atoms. The first-order valence-electron chi connectivity index (χ1n) is 11.5. The first-order chi connectivity index (χ1) is 18.0. The molecule has 5 aromatic rings. The van der Waals surface area contributed by atoms with E-state index in [2.05, 4.69) is 15.4 Å². The summed E-state index contributed by atoms with van der Waals surface area (Å²) in [5.74, 6) is -0.854. The average Bonchev–Trinajstić information content (AvgIpc) is 3.36. The van der Waals surface area contributed by atoms with Gasteiger partial charge >= 0.3 is 5.97 Å². The molecule has 184 valence electrons. The van der Waals surface area contributed by atoms with Crippen LogP contribution in [-0.4, -0.2) is 26.6 Å². The summed E-state index contributed by atoms with van der Waals surface area (Å²) in [6.45, 7) is 1.89. The van der Waals surface area contributed by atoms with Crippen molar-refractivity contribution in [3.05, 3.63) is 117 Å². The molecule has 0 fully saturated rings. The van der Waals surface area contributed by atoms with Crippen molar-refractivity contribution in [2.24, 2.45) is 0 Å². The van der Waals surface area contributed by atoms with Gasteiger partial charge in [0.05, 0.1) is 23.2 Å². The predicted molar refractivity (Wildman–Crippen MR) is 142 cm³/mol. The molecule has 2 aromatic heterocycles. The summed E-state index contributed by atoms with van der Waals surface area (Å²) in [7, 11) is 0. The molecule has 2 heterocycles. The molecule has 8 nitrogen and oxygen atoms in total. The fourth-order valence-electron chi connectivity index (χ4n) is 3.77. The largest absolute Gasteiger partial charge is 0.454 e. The van der Waals surface area contributed by atoms with Gasteiger partial charge in [-0.15, -0.1) is 11.3 Å². The minimum absolute atomic E-state index is 0.0342. The highest BCUT2D eigenvalue weighted by Crippen LogP contribution is 2.18. The Balaban J connectivity index is 1.30. The Morgan fingerprint density at radius 2 is 1.65 bits per heavy atom. The highest BCUT2D eigenvalue weighted by atomic mass is 32.1. The number of hydrogen-bond donors (Lipinski definition) is 1. The number of aromatic nitrogens is 3. The Hall–Kier alpha value is -4.63. The second-order valence-corrected chi connectivity index (χ2v) is 9.29. The van der Waals surface area contributed by atoms with E-state index in [4.69, 9.17) is 4.74 Å². The number of thiazole rings is 1. The van der Waals surface area contributed by atoms with Crippen molar-refractivity contribution >= 4 is 39.7 Å². The van der Waals surface area contributed by atoms with Gasteiger partial charge < -0.3 is 10.1 Å². The Morgan fingerprint density at radius 1 is 0.946 bits per heavy atom. The Labute approximate surface area is 216 Å². The fourth-order valence-corrected chi connectivity index (χ4v) is 4.55. The van der Waals surface area contributed by atoms with E-state index in [-0.39, 0.29) is 30.2 Å². The predicted octanol–water partition coefficient (Wildman–Crippen LogP) is 4.69. The van der Waals surface area contributed by atoms with Crippen LogP contribution in [0.1, 0.15) is 26.8 Å². The minimum atomic E-state index is -0.674. The zero-order valence-corrected chi connectivity index (χ0v) is 20.7. The minimum Gasteiger partial charge on any atom is -0.454 e. The van der Waals surface area contributed by atoms with Gasteiger partial charge in [-0.2, -0.15) is 9.78 Å². The lowest BCUT2D eigenvalue weighted by Crippen LogP contribution is -2.25. The summed E-state index contributed by atoms with van der Waals surface area (Å²) in [6.07, 6.45) is 0.112. The van der Waals surface area contributed by atoms with Crippen LogP contribution < -0.4 is 10.9 Å². The summed E-state index contributed by atoms with van der Waals surface area (Å²) in [5.41, 5.74) is 2.60. The fraction of sp³-hybridized carbons (Fsp3) is 0.107. The van der Waals surface area contributed by atoms with Crippen LogP contribution in [0.25, 0.3) is 16.5 Å². The van der Waals surface area contributed by atoms with Crippen LogP contribution in [0.3, 0.4) is 0 Å². The lowest BCUT2D eigenvalue weighted by Gasteiger charge is -2.10. The second-order valence-electron chi connectivity index (χ2n) is 8.35. The number of esters is 1. The maximum atomic E-state index is 13.0. The number of hydrogen-bond acceptors (Lipinski definition) is 7. The van der Waals surface area contributed by atoms with E-state index in [1.54, 1.807) is 53.9 Å². The van der Waals surface area contributed by atoms with E-state index in [9.17, 15) is 14.4 Å². The maximum Gasteiger partial charge on any atom is 0.359 e. The van der Waals surface area contributed by atoms with E-state index >= 15 is 0 Å². The lowest BCUT2D eigenvalue weighted by atomic mass is 10.1. The molecule has 37 heavy (non-hydrogen) atoms. The third-order valence-corrected chi connectivity index (χ3v) is 6.49. The van der Waals surface area contributed by atoms with Gasteiger partial charge in [0.25, 0.3) is 5.56 Å². The first-order valence-corrected chi connectivity index (χ1v) is 12.4. The zero-order chi connectivity index (χ0) is 25.8. The number of ether oxygens (including phenoxy) is 1. The van der Waals surface area contributed by atoms with Gasteiger partial charge in [-0.1, -0.05) is 54.1 Å². The van der Waals surface area contributed by atoms with Crippen molar-refractivity contribution in [2.75, 3.05) is 5.32 Å². The molecule has 1 N–H and O–H groups in total. The topological polar surface area (TPSA) is 103 Å². The van der Waals surface area contributed by atoms with E-state index in [0.717, 1.165) is 11.3 Å². The summed E-state index contributed by atoms with van der Waals surface area (Å²) in [6, 6.07) is 23.2. The average molecular weight is 511 g/mol. The van der Waals surface area contributed by atoms with E-state index in [1.807, 2.05) is 37.3 Å². The highest BCUT2D eigenvalue weighted by Gasteiger charge is 2.19. The van der Waals surface area contributed by atoms with Crippen molar-refractivity contribution in [1.29, 1.82) is 0 Å². The third-order valence-electron chi connectivity index (χ3n) is 5.60. The zero-order valence-electron chi connectivity index (χ0n) is 19.9. The number of anilines is 1. The molecule has 5 rings (SSSR count). The van der Waals surface area contributed by atoms with Gasteiger partial charge in [0.2, 0.25) is 5.91 Å². The number of amides is 1. The molecule has 0 radical (unpaired) electrons. The van der Waals surface area contributed by atoms with Crippen molar-refractivity contribution in [1.82, 2.24) is 14.8 Å². The van der Waals surface area contributed by atoms with Crippen molar-refractivity contribution in [2.45, 2.75) is 20.0 Å². The molecule has 0 aliphatic rings. The maximum absolute atomic E-state index is 13.0. The summed E-state index contributed by atoms with van der Waals surface area (Å²) in [5, 5.41) is 10.3. The quantitative estimate of drug-likeness (QED) is 0.319. The molecule has 0 aliphatic heterocycles. The molecule has 0 saturated heterocycles. The number of benzene rings is 3. The normalized spacial score (nSPS) is 10.8. The number of fused-ring (bicyclic) bond motifs is 1. The first kappa shape index (κ1) is 24.1. The standard InChI is InChI=1S/C28H22N4O4S/c1-18-11-13-19(14-12-18)29-24(33)15-25-30-20(17-37-25)16-36-28(35)26-22-9-5-6-10-23(22)27(34)32(31-26)21-7-3-2-4-8-21/h2-14,17H,15-16H2,1H3,(H,29,33). The molecule has 9 heteroatoms. The molecule has 1 amide bonds. The van der Waals surface area contributed by atoms with Gasteiger partial charge in [0.1, 0.15) is 11.6 Å². The molecule has 0 unspecified atom stereocenters. The van der Waals surface area contributed by atoms with E-state index in [0.29, 0.717) is 27.2 Å². The number of carbonyl (C=O) groups excluding carboxylic acids is 2. The molecule has 3 aromatic carbocycles. The van der Waals surface area contributed by atoms with Crippen LogP contribution in [0, 0.1) is 6.92 Å². The Kier molecular flexibility index (Phi) is 6.87. The molecular weight excluding hydrogens is 488 g/mol. The second kappa shape index (κ2) is 10.5. The number of nitrogens with zero attached hydrogens (tertiary/aromatic N) is 3. The highest BCUT2D eigenvalue weighted by molar-refractivity contribution is 7.09. The summed E-state index contributed by atoms with van der Waals surface area (Å²) < 4.78 is 6.71. The van der Waals surface area contributed by atoms with Crippen LogP contribution in [0.5, 0.6) is 0 Å². The molecule has 0 bridgehead atoms. The molecule has 0 atom stereocenters. The van der Waals surface area contributed by atoms with Gasteiger partial charge in [0, 0.05) is 16.5 Å². The van der Waals surface area contributed by atoms with Gasteiger partial charge in [-0.3, -0.25) is 9.59 Å². The van der Waals surface area contributed by atoms with E-state index in [1.165, 1.54) is 16.0 Å². The van der Waals surface area contributed by atoms with Crippen LogP contribution >= 0.6 is 11.3 Å². The Bertz CT molecular complexity index is 1640. The van der Waals surface area contributed by atoms with Crippen LogP contribution in [-0.2, 0) is 22.6 Å². The number of para-hydroxylation sites is 1.